The molecule has 0 N–H and O–H groups in total. The van der Waals surface area contributed by atoms with Crippen molar-refractivity contribution >= 4 is 10.8 Å². The first-order chi connectivity index (χ1) is 18.3. The predicted molar refractivity (Wildman–Crippen MR) is 153 cm³/mol. The van der Waals surface area contributed by atoms with Gasteiger partial charge in [-0.3, -0.25) is 15.0 Å². The molecule has 1 fully saturated rings. The molecule has 3 heteroatoms. The van der Waals surface area contributed by atoms with Crippen molar-refractivity contribution < 1.29 is 0 Å². The van der Waals surface area contributed by atoms with Gasteiger partial charge >= 0.3 is 0 Å². The SMILES string of the molecule is CC(CC(C1=CCCCCC1)=C1CCC1)c1cncc(-c2ccc(-c3cncc4ccncc34)cc2)c1. The van der Waals surface area contributed by atoms with Crippen LogP contribution >= 0.6 is 0 Å². The van der Waals surface area contributed by atoms with Crippen LogP contribution in [0.4, 0.5) is 0 Å². The molecule has 0 radical (unpaired) electrons. The van der Waals surface area contributed by atoms with Crippen LogP contribution in [0.2, 0.25) is 0 Å². The van der Waals surface area contributed by atoms with E-state index in [-0.39, 0.29) is 0 Å². The van der Waals surface area contributed by atoms with E-state index < -0.39 is 0 Å². The van der Waals surface area contributed by atoms with Crippen LogP contribution in [-0.2, 0) is 0 Å². The first-order valence-electron chi connectivity index (χ1n) is 13.9. The summed E-state index contributed by atoms with van der Waals surface area (Å²) >= 11 is 0. The molecule has 186 valence electrons. The van der Waals surface area contributed by atoms with E-state index >= 15 is 0 Å². The number of fused-ring (bicyclic) bond motifs is 1. The lowest BCUT2D eigenvalue weighted by atomic mass is 9.79. The number of nitrogens with zero attached hydrogens (tertiary/aromatic N) is 3. The monoisotopic (exact) mass is 485 g/mol. The van der Waals surface area contributed by atoms with E-state index in [1.54, 1.807) is 16.7 Å². The molecule has 1 unspecified atom stereocenters. The Morgan fingerprint density at radius 2 is 1.59 bits per heavy atom. The Morgan fingerprint density at radius 3 is 2.43 bits per heavy atom. The van der Waals surface area contributed by atoms with Gasteiger partial charge in [0.05, 0.1) is 0 Å². The molecular formula is C34H35N3. The average Bonchev–Trinajstić information content (AvgIpc) is 3.21. The minimum absolute atomic E-state index is 0.452. The maximum absolute atomic E-state index is 4.67. The number of allylic oxidation sites excluding steroid dienone is 4. The van der Waals surface area contributed by atoms with Crippen LogP contribution in [0.5, 0.6) is 0 Å². The molecule has 0 aliphatic heterocycles. The average molecular weight is 486 g/mol. The van der Waals surface area contributed by atoms with Gasteiger partial charge in [0.2, 0.25) is 0 Å². The molecule has 1 atom stereocenters. The van der Waals surface area contributed by atoms with Crippen molar-refractivity contribution in [3.63, 3.8) is 0 Å². The van der Waals surface area contributed by atoms with Crippen molar-refractivity contribution in [3.05, 3.63) is 102 Å². The van der Waals surface area contributed by atoms with E-state index in [9.17, 15) is 0 Å². The maximum atomic E-state index is 4.67. The molecule has 1 aromatic carbocycles. The molecule has 2 aliphatic rings. The zero-order chi connectivity index (χ0) is 25.0. The lowest BCUT2D eigenvalue weighted by Crippen LogP contribution is -2.08. The van der Waals surface area contributed by atoms with E-state index in [2.05, 4.69) is 64.5 Å². The van der Waals surface area contributed by atoms with E-state index in [4.69, 9.17) is 0 Å². The minimum Gasteiger partial charge on any atom is -0.264 e. The molecule has 4 aromatic rings. The van der Waals surface area contributed by atoms with Crippen molar-refractivity contribution in [1.29, 1.82) is 0 Å². The normalized spacial score (nSPS) is 16.6. The van der Waals surface area contributed by atoms with Crippen LogP contribution in [0, 0.1) is 0 Å². The molecule has 0 saturated heterocycles. The van der Waals surface area contributed by atoms with E-state index in [1.165, 1.54) is 68.1 Å². The highest BCUT2D eigenvalue weighted by molar-refractivity contribution is 5.95. The van der Waals surface area contributed by atoms with Gasteiger partial charge < -0.3 is 0 Å². The second-order valence-corrected chi connectivity index (χ2v) is 10.7. The van der Waals surface area contributed by atoms with E-state index in [0.29, 0.717) is 5.92 Å². The number of benzene rings is 1. The van der Waals surface area contributed by atoms with Crippen molar-refractivity contribution in [2.75, 3.05) is 0 Å². The van der Waals surface area contributed by atoms with Gasteiger partial charge in [0, 0.05) is 59.1 Å². The Bertz CT molecular complexity index is 1450. The third-order valence-corrected chi connectivity index (χ3v) is 8.24. The first kappa shape index (κ1) is 23.8. The largest absolute Gasteiger partial charge is 0.264 e. The Labute approximate surface area is 220 Å². The summed E-state index contributed by atoms with van der Waals surface area (Å²) in [4.78, 5) is 13.4. The Balaban J connectivity index is 1.24. The summed E-state index contributed by atoms with van der Waals surface area (Å²) in [6.45, 7) is 2.38. The van der Waals surface area contributed by atoms with Crippen molar-refractivity contribution in [3.8, 4) is 22.3 Å². The topological polar surface area (TPSA) is 38.7 Å². The molecule has 0 bridgehead atoms. The summed E-state index contributed by atoms with van der Waals surface area (Å²) in [5.74, 6) is 0.452. The standard InChI is InChI=1S/C34H35N3/c1-24(17-32(27-9-6-10-27)26-7-4-2-3-5-8-26)30-18-31(21-36-20-30)25-11-13-28(14-12-25)33-23-37-19-29-15-16-35-22-34(29)33/h7,11-16,18-24H,2-6,8-10,17H2,1H3. The maximum Gasteiger partial charge on any atom is 0.0353 e. The third-order valence-electron chi connectivity index (χ3n) is 8.24. The summed E-state index contributed by atoms with van der Waals surface area (Å²) in [7, 11) is 0. The van der Waals surface area contributed by atoms with Gasteiger partial charge in [-0.05, 0) is 97.3 Å². The molecule has 37 heavy (non-hydrogen) atoms. The highest BCUT2D eigenvalue weighted by Crippen LogP contribution is 2.40. The Morgan fingerprint density at radius 1 is 0.757 bits per heavy atom. The minimum atomic E-state index is 0.452. The number of aromatic nitrogens is 3. The van der Waals surface area contributed by atoms with Crippen LogP contribution < -0.4 is 0 Å². The summed E-state index contributed by atoms with van der Waals surface area (Å²) in [5, 5.41) is 2.24. The number of rotatable bonds is 6. The lowest BCUT2D eigenvalue weighted by molar-refractivity contribution is 0.625. The van der Waals surface area contributed by atoms with Gasteiger partial charge in [-0.2, -0.15) is 0 Å². The molecule has 3 heterocycles. The number of pyridine rings is 3. The zero-order valence-corrected chi connectivity index (χ0v) is 21.8. The summed E-state index contributed by atoms with van der Waals surface area (Å²) in [6.07, 6.45) is 25.8. The summed E-state index contributed by atoms with van der Waals surface area (Å²) < 4.78 is 0. The highest BCUT2D eigenvalue weighted by atomic mass is 14.7. The third kappa shape index (κ3) is 5.13. The fraction of sp³-hybridized carbons (Fsp3) is 0.324. The fourth-order valence-corrected chi connectivity index (χ4v) is 5.83. The number of hydrogen-bond donors (Lipinski definition) is 0. The van der Waals surface area contributed by atoms with E-state index in [1.807, 2.05) is 37.1 Å². The molecule has 3 nitrogen and oxygen atoms in total. The molecule has 3 aromatic heterocycles. The van der Waals surface area contributed by atoms with Gasteiger partial charge in [0.25, 0.3) is 0 Å². The second kappa shape index (κ2) is 10.8. The molecular weight excluding hydrogens is 450 g/mol. The molecule has 0 spiro atoms. The van der Waals surface area contributed by atoms with Gasteiger partial charge in [0.1, 0.15) is 0 Å². The Kier molecular flexibility index (Phi) is 6.94. The quantitative estimate of drug-likeness (QED) is 0.273. The van der Waals surface area contributed by atoms with Crippen LogP contribution in [0.15, 0.2) is 96.4 Å². The summed E-state index contributed by atoms with van der Waals surface area (Å²) in [6, 6.07) is 13.1. The highest BCUT2D eigenvalue weighted by Gasteiger charge is 2.21. The molecule has 0 amide bonds. The van der Waals surface area contributed by atoms with E-state index in [0.717, 1.165) is 28.3 Å². The molecule has 2 aliphatic carbocycles. The van der Waals surface area contributed by atoms with Crippen LogP contribution in [0.25, 0.3) is 33.0 Å². The molecule has 1 saturated carbocycles. The smallest absolute Gasteiger partial charge is 0.0353 e. The van der Waals surface area contributed by atoms with Crippen LogP contribution in [-0.4, -0.2) is 15.0 Å². The van der Waals surface area contributed by atoms with Gasteiger partial charge in [-0.25, -0.2) is 0 Å². The first-order valence-corrected chi connectivity index (χ1v) is 13.9. The fourth-order valence-electron chi connectivity index (χ4n) is 5.83. The van der Waals surface area contributed by atoms with Crippen LogP contribution in [0.3, 0.4) is 0 Å². The summed E-state index contributed by atoms with van der Waals surface area (Å²) in [5.41, 5.74) is 11.0. The zero-order valence-electron chi connectivity index (χ0n) is 21.8. The predicted octanol–water partition coefficient (Wildman–Crippen LogP) is 9.22. The number of hydrogen-bond acceptors (Lipinski definition) is 3. The second-order valence-electron chi connectivity index (χ2n) is 10.7. The molecule has 6 rings (SSSR count). The van der Waals surface area contributed by atoms with Crippen molar-refractivity contribution in [2.24, 2.45) is 0 Å². The van der Waals surface area contributed by atoms with Crippen molar-refractivity contribution in [1.82, 2.24) is 15.0 Å². The lowest BCUT2D eigenvalue weighted by Gasteiger charge is -2.26. The van der Waals surface area contributed by atoms with Crippen LogP contribution in [0.1, 0.15) is 76.2 Å². The van der Waals surface area contributed by atoms with Gasteiger partial charge in [0.15, 0.2) is 0 Å². The Hall–Kier alpha value is -3.59. The van der Waals surface area contributed by atoms with Gasteiger partial charge in [-0.15, -0.1) is 0 Å². The van der Waals surface area contributed by atoms with Crippen molar-refractivity contribution in [2.45, 2.75) is 70.6 Å². The van der Waals surface area contributed by atoms with Gasteiger partial charge in [-0.1, -0.05) is 49.3 Å².